The summed E-state index contributed by atoms with van der Waals surface area (Å²) in [6, 6.07) is 6.03. The first-order chi connectivity index (χ1) is 5.79. The molecule has 1 aromatic heterocycles. The molecule has 1 aromatic carbocycles. The average Bonchev–Trinajstić information content (AvgIpc) is 2.43. The van der Waals surface area contributed by atoms with E-state index in [-0.39, 0.29) is 24.8 Å². The van der Waals surface area contributed by atoms with Crippen molar-refractivity contribution in [2.24, 2.45) is 5.73 Å². The van der Waals surface area contributed by atoms with Crippen LogP contribution in [-0.4, -0.2) is 9.97 Å². The van der Waals surface area contributed by atoms with Crippen molar-refractivity contribution in [3.63, 3.8) is 0 Å². The van der Waals surface area contributed by atoms with Gasteiger partial charge in [0.1, 0.15) is 5.82 Å². The maximum atomic E-state index is 5.51. The minimum atomic E-state index is 0. The minimum Gasteiger partial charge on any atom is -0.342 e. The summed E-state index contributed by atoms with van der Waals surface area (Å²) in [4.78, 5) is 7.46. The number of fused-ring (bicyclic) bond motifs is 1. The fraction of sp³-hybridized carbons (Fsp3) is 0.222. The molecule has 0 aliphatic heterocycles. The fourth-order valence-corrected chi connectivity index (χ4v) is 1.31. The zero-order chi connectivity index (χ0) is 8.55. The van der Waals surface area contributed by atoms with Crippen LogP contribution in [0.5, 0.6) is 0 Å². The van der Waals surface area contributed by atoms with Crippen molar-refractivity contribution in [2.75, 3.05) is 0 Å². The van der Waals surface area contributed by atoms with Gasteiger partial charge in [0.2, 0.25) is 0 Å². The highest BCUT2D eigenvalue weighted by atomic mass is 35.5. The lowest BCUT2D eigenvalue weighted by atomic mass is 10.2. The zero-order valence-corrected chi connectivity index (χ0v) is 9.41. The molecule has 0 fully saturated rings. The van der Waals surface area contributed by atoms with Crippen molar-refractivity contribution in [3.05, 3.63) is 29.6 Å². The molecule has 0 spiro atoms. The molecule has 1 heterocycles. The number of aryl methyl sites for hydroxylation is 1. The van der Waals surface area contributed by atoms with Crippen molar-refractivity contribution < 1.29 is 0 Å². The summed E-state index contributed by atoms with van der Waals surface area (Å²) in [5.41, 5.74) is 8.71. The van der Waals surface area contributed by atoms with Crippen LogP contribution in [0.3, 0.4) is 0 Å². The van der Waals surface area contributed by atoms with Crippen LogP contribution in [0.15, 0.2) is 18.2 Å². The van der Waals surface area contributed by atoms with Crippen molar-refractivity contribution in [3.8, 4) is 0 Å². The number of hydrogen-bond acceptors (Lipinski definition) is 2. The summed E-state index contributed by atoms with van der Waals surface area (Å²) in [5, 5.41) is 0. The van der Waals surface area contributed by atoms with E-state index >= 15 is 0 Å². The first-order valence-corrected chi connectivity index (χ1v) is 3.95. The maximum Gasteiger partial charge on any atom is 0.104 e. The van der Waals surface area contributed by atoms with E-state index in [1.54, 1.807) is 0 Å². The Morgan fingerprint density at radius 1 is 1.36 bits per heavy atom. The van der Waals surface area contributed by atoms with Crippen LogP contribution < -0.4 is 5.73 Å². The average molecular weight is 234 g/mol. The second-order valence-electron chi connectivity index (χ2n) is 2.88. The highest BCUT2D eigenvalue weighted by Crippen LogP contribution is 2.12. The van der Waals surface area contributed by atoms with E-state index in [1.807, 2.05) is 25.1 Å². The van der Waals surface area contributed by atoms with Gasteiger partial charge in [-0.15, -0.1) is 24.8 Å². The van der Waals surface area contributed by atoms with Crippen LogP contribution in [0.4, 0.5) is 0 Å². The van der Waals surface area contributed by atoms with Crippen LogP contribution >= 0.6 is 24.8 Å². The van der Waals surface area contributed by atoms with E-state index in [1.165, 1.54) is 0 Å². The minimum absolute atomic E-state index is 0. The smallest absolute Gasteiger partial charge is 0.104 e. The van der Waals surface area contributed by atoms with Gasteiger partial charge in [-0.05, 0) is 24.6 Å². The Hall–Kier alpha value is -0.770. The Morgan fingerprint density at radius 3 is 2.71 bits per heavy atom. The van der Waals surface area contributed by atoms with Crippen LogP contribution in [0.25, 0.3) is 11.0 Å². The Bertz CT molecular complexity index is 411. The van der Waals surface area contributed by atoms with Crippen LogP contribution in [0, 0.1) is 6.92 Å². The summed E-state index contributed by atoms with van der Waals surface area (Å²) in [6.45, 7) is 2.52. The second-order valence-corrected chi connectivity index (χ2v) is 2.88. The van der Waals surface area contributed by atoms with Crippen LogP contribution in [0.1, 0.15) is 11.4 Å². The lowest BCUT2D eigenvalue weighted by molar-refractivity contribution is 1.07. The number of rotatable bonds is 1. The van der Waals surface area contributed by atoms with Gasteiger partial charge in [-0.2, -0.15) is 0 Å². The largest absolute Gasteiger partial charge is 0.342 e. The molecule has 0 bridgehead atoms. The van der Waals surface area contributed by atoms with Gasteiger partial charge in [0.25, 0.3) is 0 Å². The molecule has 0 radical (unpaired) electrons. The number of H-pyrrole nitrogens is 1. The lowest BCUT2D eigenvalue weighted by Crippen LogP contribution is -1.95. The maximum absolute atomic E-state index is 5.51. The third kappa shape index (κ3) is 2.38. The van der Waals surface area contributed by atoms with Gasteiger partial charge in [0.15, 0.2) is 0 Å². The Kier molecular flexibility index (Phi) is 4.91. The van der Waals surface area contributed by atoms with E-state index in [0.717, 1.165) is 22.4 Å². The summed E-state index contributed by atoms with van der Waals surface area (Å²) in [5.74, 6) is 0.944. The number of nitrogens with two attached hydrogens (primary N) is 1. The van der Waals surface area contributed by atoms with Crippen LogP contribution in [0.2, 0.25) is 0 Å². The third-order valence-electron chi connectivity index (χ3n) is 1.90. The van der Waals surface area contributed by atoms with Gasteiger partial charge in [-0.1, -0.05) is 6.07 Å². The molecule has 3 nitrogen and oxygen atoms in total. The van der Waals surface area contributed by atoms with Crippen molar-refractivity contribution in [1.29, 1.82) is 0 Å². The zero-order valence-electron chi connectivity index (χ0n) is 7.78. The molecular formula is C9H13Cl2N3. The van der Waals surface area contributed by atoms with Gasteiger partial charge < -0.3 is 10.7 Å². The molecule has 2 aromatic rings. The molecule has 14 heavy (non-hydrogen) atoms. The van der Waals surface area contributed by atoms with E-state index in [0.29, 0.717) is 6.54 Å². The number of hydrogen-bond donors (Lipinski definition) is 2. The number of nitrogens with one attached hydrogen (secondary N) is 1. The SMILES string of the molecule is Cc1nc2ccc(CN)cc2[nH]1.Cl.Cl. The first-order valence-electron chi connectivity index (χ1n) is 3.95. The number of aromatic nitrogens is 2. The Labute approximate surface area is 94.9 Å². The summed E-state index contributed by atoms with van der Waals surface area (Å²) in [7, 11) is 0. The predicted molar refractivity (Wildman–Crippen MR) is 63.2 cm³/mol. The Morgan fingerprint density at radius 2 is 2.07 bits per heavy atom. The number of imidazole rings is 1. The molecule has 0 aliphatic rings. The van der Waals surface area contributed by atoms with Gasteiger partial charge >= 0.3 is 0 Å². The van der Waals surface area contributed by atoms with Gasteiger partial charge in [-0.3, -0.25) is 0 Å². The van der Waals surface area contributed by atoms with E-state index < -0.39 is 0 Å². The molecule has 0 amide bonds. The molecule has 0 unspecified atom stereocenters. The standard InChI is InChI=1S/C9H11N3.2ClH/c1-6-11-8-3-2-7(5-10)4-9(8)12-6;;/h2-4H,5,10H2,1H3,(H,11,12);2*1H. The highest BCUT2D eigenvalue weighted by molar-refractivity contribution is 5.85. The number of nitrogens with zero attached hydrogens (tertiary/aromatic N) is 1. The molecule has 0 aliphatic carbocycles. The monoisotopic (exact) mass is 233 g/mol. The van der Waals surface area contributed by atoms with E-state index in [4.69, 9.17) is 5.73 Å². The van der Waals surface area contributed by atoms with E-state index in [2.05, 4.69) is 9.97 Å². The van der Waals surface area contributed by atoms with Crippen molar-refractivity contribution in [2.45, 2.75) is 13.5 Å². The van der Waals surface area contributed by atoms with Gasteiger partial charge in [-0.25, -0.2) is 4.98 Å². The molecule has 2 rings (SSSR count). The fourth-order valence-electron chi connectivity index (χ4n) is 1.31. The molecular weight excluding hydrogens is 221 g/mol. The predicted octanol–water partition coefficient (Wildman–Crippen LogP) is 2.17. The topological polar surface area (TPSA) is 54.7 Å². The summed E-state index contributed by atoms with van der Waals surface area (Å²) < 4.78 is 0. The third-order valence-corrected chi connectivity index (χ3v) is 1.90. The quantitative estimate of drug-likeness (QED) is 0.794. The lowest BCUT2D eigenvalue weighted by Gasteiger charge is -1.93. The normalized spacial score (nSPS) is 9.29. The highest BCUT2D eigenvalue weighted by Gasteiger charge is 1.98. The molecule has 0 atom stereocenters. The van der Waals surface area contributed by atoms with Crippen molar-refractivity contribution >= 4 is 35.8 Å². The van der Waals surface area contributed by atoms with E-state index in [9.17, 15) is 0 Å². The van der Waals surface area contributed by atoms with Gasteiger partial charge in [0.05, 0.1) is 11.0 Å². The second kappa shape index (κ2) is 5.20. The van der Waals surface area contributed by atoms with Crippen molar-refractivity contribution in [1.82, 2.24) is 9.97 Å². The molecule has 3 N–H and O–H groups in total. The number of halogens is 2. The first kappa shape index (κ1) is 13.2. The van der Waals surface area contributed by atoms with Gasteiger partial charge in [0, 0.05) is 6.54 Å². The van der Waals surface area contributed by atoms with Crippen LogP contribution in [-0.2, 0) is 6.54 Å². The molecule has 5 heteroatoms. The number of benzene rings is 1. The molecule has 0 saturated carbocycles. The Balaban J connectivity index is 0.000000845. The number of aromatic amines is 1. The summed E-state index contributed by atoms with van der Waals surface area (Å²) >= 11 is 0. The summed E-state index contributed by atoms with van der Waals surface area (Å²) in [6.07, 6.45) is 0. The molecule has 78 valence electrons. The molecule has 0 saturated heterocycles.